The third kappa shape index (κ3) is 4.56. The molecule has 0 N–H and O–H groups in total. The van der Waals surface area contributed by atoms with Gasteiger partial charge in [-0.3, -0.25) is 9.48 Å². The third-order valence-electron chi connectivity index (χ3n) is 6.26. The van der Waals surface area contributed by atoms with Crippen LogP contribution in [0.5, 0.6) is 0 Å². The number of halogens is 2. The molecular formula is C21H26Cl2N4O3S. The van der Waals surface area contributed by atoms with E-state index in [1.165, 1.54) is 0 Å². The van der Waals surface area contributed by atoms with Crippen molar-refractivity contribution < 1.29 is 13.2 Å². The van der Waals surface area contributed by atoms with Gasteiger partial charge in [-0.05, 0) is 32.4 Å². The first kappa shape index (κ1) is 22.4. The summed E-state index contributed by atoms with van der Waals surface area (Å²) in [6.45, 7) is 6.39. The Morgan fingerprint density at radius 1 is 1.16 bits per heavy atom. The molecule has 7 nitrogen and oxygen atoms in total. The SMILES string of the molecule is Cc1nn(C2CCS(=O)(=O)C2)c(C)c1CC(=O)N1CCN(c2cccc(Cl)c2Cl)CC1. The molecule has 0 radical (unpaired) electrons. The summed E-state index contributed by atoms with van der Waals surface area (Å²) >= 11 is 12.5. The summed E-state index contributed by atoms with van der Waals surface area (Å²) in [5.41, 5.74) is 3.46. The van der Waals surface area contributed by atoms with E-state index in [1.54, 1.807) is 6.07 Å². The Labute approximate surface area is 192 Å². The zero-order valence-electron chi connectivity index (χ0n) is 17.6. The number of benzene rings is 1. The van der Waals surface area contributed by atoms with E-state index in [-0.39, 0.29) is 29.9 Å². The van der Waals surface area contributed by atoms with Gasteiger partial charge in [-0.25, -0.2) is 8.42 Å². The molecule has 2 aliphatic rings. The number of amides is 1. The van der Waals surface area contributed by atoms with E-state index >= 15 is 0 Å². The van der Waals surface area contributed by atoms with Crippen LogP contribution in [0.15, 0.2) is 18.2 Å². The number of anilines is 1. The quantitative estimate of drug-likeness (QED) is 0.666. The van der Waals surface area contributed by atoms with Gasteiger partial charge in [0.1, 0.15) is 0 Å². The molecule has 1 unspecified atom stereocenters. The molecule has 1 aromatic carbocycles. The molecule has 0 bridgehead atoms. The molecule has 2 aliphatic heterocycles. The van der Waals surface area contributed by atoms with Crippen LogP contribution in [0.1, 0.15) is 29.4 Å². The molecule has 2 saturated heterocycles. The van der Waals surface area contributed by atoms with Gasteiger partial charge in [0.2, 0.25) is 5.91 Å². The van der Waals surface area contributed by atoms with Crippen molar-refractivity contribution in [3.8, 4) is 0 Å². The highest BCUT2D eigenvalue weighted by molar-refractivity contribution is 7.91. The number of hydrogen-bond donors (Lipinski definition) is 0. The Kier molecular flexibility index (Phi) is 6.25. The summed E-state index contributed by atoms with van der Waals surface area (Å²) in [4.78, 5) is 17.0. The van der Waals surface area contributed by atoms with Crippen LogP contribution in [0.4, 0.5) is 5.69 Å². The number of carbonyl (C=O) groups is 1. The number of aryl methyl sites for hydroxylation is 1. The van der Waals surface area contributed by atoms with Crippen molar-refractivity contribution in [3.63, 3.8) is 0 Å². The molecule has 0 saturated carbocycles. The summed E-state index contributed by atoms with van der Waals surface area (Å²) < 4.78 is 25.5. The van der Waals surface area contributed by atoms with Crippen LogP contribution in [0.25, 0.3) is 0 Å². The van der Waals surface area contributed by atoms with Crippen LogP contribution in [-0.4, -0.2) is 66.7 Å². The number of nitrogens with zero attached hydrogens (tertiary/aromatic N) is 4. The summed E-state index contributed by atoms with van der Waals surface area (Å²) in [6, 6.07) is 5.44. The zero-order valence-corrected chi connectivity index (χ0v) is 20.0. The first-order valence-electron chi connectivity index (χ1n) is 10.4. The van der Waals surface area contributed by atoms with Crippen molar-refractivity contribution >= 4 is 44.6 Å². The van der Waals surface area contributed by atoms with Crippen molar-refractivity contribution in [2.45, 2.75) is 32.7 Å². The zero-order chi connectivity index (χ0) is 22.3. The molecule has 10 heteroatoms. The lowest BCUT2D eigenvalue weighted by Gasteiger charge is -2.36. The average molecular weight is 485 g/mol. The monoisotopic (exact) mass is 484 g/mol. The molecule has 4 rings (SSSR count). The predicted octanol–water partition coefficient (Wildman–Crippen LogP) is 3.06. The lowest BCUT2D eigenvalue weighted by atomic mass is 10.1. The largest absolute Gasteiger partial charge is 0.367 e. The van der Waals surface area contributed by atoms with Crippen molar-refractivity contribution in [1.82, 2.24) is 14.7 Å². The van der Waals surface area contributed by atoms with Crippen molar-refractivity contribution in [2.24, 2.45) is 0 Å². The lowest BCUT2D eigenvalue weighted by molar-refractivity contribution is -0.130. The van der Waals surface area contributed by atoms with Crippen LogP contribution in [0, 0.1) is 13.8 Å². The average Bonchev–Trinajstić information content (AvgIpc) is 3.23. The van der Waals surface area contributed by atoms with Crippen molar-refractivity contribution in [1.29, 1.82) is 0 Å². The second-order valence-corrected chi connectivity index (χ2v) is 11.3. The van der Waals surface area contributed by atoms with E-state index in [9.17, 15) is 13.2 Å². The minimum Gasteiger partial charge on any atom is -0.367 e. The predicted molar refractivity (Wildman–Crippen MR) is 123 cm³/mol. The molecule has 1 amide bonds. The lowest BCUT2D eigenvalue weighted by Crippen LogP contribution is -2.49. The number of piperazine rings is 1. The Morgan fingerprint density at radius 2 is 1.87 bits per heavy atom. The van der Waals surface area contributed by atoms with Crippen LogP contribution in [0.2, 0.25) is 10.0 Å². The molecule has 31 heavy (non-hydrogen) atoms. The number of carbonyl (C=O) groups excluding carboxylic acids is 1. The third-order valence-corrected chi connectivity index (χ3v) is 8.82. The number of aromatic nitrogens is 2. The fourth-order valence-corrected chi connectivity index (χ4v) is 6.58. The smallest absolute Gasteiger partial charge is 0.227 e. The molecule has 3 heterocycles. The van der Waals surface area contributed by atoms with E-state index in [2.05, 4.69) is 10.00 Å². The van der Waals surface area contributed by atoms with E-state index in [4.69, 9.17) is 23.2 Å². The van der Waals surface area contributed by atoms with Crippen LogP contribution in [0.3, 0.4) is 0 Å². The van der Waals surface area contributed by atoms with Gasteiger partial charge in [0.05, 0.1) is 45.4 Å². The Morgan fingerprint density at radius 3 is 2.52 bits per heavy atom. The van der Waals surface area contributed by atoms with Crippen molar-refractivity contribution in [2.75, 3.05) is 42.6 Å². The molecule has 2 aromatic rings. The highest BCUT2D eigenvalue weighted by atomic mass is 35.5. The molecule has 1 atom stereocenters. The van der Waals surface area contributed by atoms with Crippen molar-refractivity contribution in [3.05, 3.63) is 45.2 Å². The topological polar surface area (TPSA) is 75.5 Å². The molecule has 0 spiro atoms. The second kappa shape index (κ2) is 8.64. The number of sulfone groups is 1. The molecular weight excluding hydrogens is 459 g/mol. The summed E-state index contributed by atoms with van der Waals surface area (Å²) in [5.74, 6) is 0.378. The maximum Gasteiger partial charge on any atom is 0.227 e. The molecule has 1 aromatic heterocycles. The first-order valence-corrected chi connectivity index (χ1v) is 13.0. The molecule has 0 aliphatic carbocycles. The highest BCUT2D eigenvalue weighted by Crippen LogP contribution is 2.33. The van der Waals surface area contributed by atoms with Gasteiger partial charge in [0, 0.05) is 37.4 Å². The standard InChI is InChI=1S/C21H26Cl2N4O3S/c1-14-17(15(2)27(24-14)16-6-11-31(29,30)13-16)12-20(28)26-9-7-25(8-10-26)19-5-3-4-18(22)21(19)23/h3-5,16H,6-13H2,1-2H3. The second-order valence-electron chi connectivity index (χ2n) is 8.27. The summed E-state index contributed by atoms with van der Waals surface area (Å²) in [6.07, 6.45) is 0.848. The van der Waals surface area contributed by atoms with Gasteiger partial charge in [0.25, 0.3) is 0 Å². The molecule has 168 valence electrons. The normalized spacial score (nSPS) is 21.0. The summed E-state index contributed by atoms with van der Waals surface area (Å²) in [7, 11) is -3.00. The van der Waals surface area contributed by atoms with Gasteiger partial charge in [-0.15, -0.1) is 0 Å². The van der Waals surface area contributed by atoms with Gasteiger partial charge >= 0.3 is 0 Å². The van der Waals surface area contributed by atoms with Crippen LogP contribution < -0.4 is 4.90 Å². The fourth-order valence-electron chi connectivity index (χ4n) is 4.47. The maximum absolute atomic E-state index is 13.0. The van der Waals surface area contributed by atoms with Gasteiger partial charge < -0.3 is 9.80 Å². The maximum atomic E-state index is 13.0. The highest BCUT2D eigenvalue weighted by Gasteiger charge is 2.32. The summed E-state index contributed by atoms with van der Waals surface area (Å²) in [5, 5.41) is 5.63. The van der Waals surface area contributed by atoms with E-state index in [0.717, 1.165) is 22.6 Å². The Hall–Kier alpha value is -1.77. The minimum atomic E-state index is -3.00. The number of hydrogen-bond acceptors (Lipinski definition) is 5. The van der Waals surface area contributed by atoms with E-state index in [0.29, 0.717) is 42.6 Å². The first-order chi connectivity index (χ1) is 14.7. The Balaban J connectivity index is 1.41. The van der Waals surface area contributed by atoms with Crippen LogP contribution >= 0.6 is 23.2 Å². The fraction of sp³-hybridized carbons (Fsp3) is 0.524. The van der Waals surface area contributed by atoms with E-state index < -0.39 is 9.84 Å². The van der Waals surface area contributed by atoms with Crippen LogP contribution in [-0.2, 0) is 21.1 Å². The van der Waals surface area contributed by atoms with E-state index in [1.807, 2.05) is 35.6 Å². The van der Waals surface area contributed by atoms with Gasteiger partial charge in [-0.2, -0.15) is 5.10 Å². The Bertz CT molecular complexity index is 1110. The van der Waals surface area contributed by atoms with Gasteiger partial charge in [0.15, 0.2) is 9.84 Å². The molecule has 2 fully saturated rings. The number of rotatable bonds is 4. The van der Waals surface area contributed by atoms with Gasteiger partial charge in [-0.1, -0.05) is 29.3 Å². The minimum absolute atomic E-state index is 0.0571.